The highest BCUT2D eigenvalue weighted by Crippen LogP contribution is 2.35. The molecule has 1 saturated carbocycles. The minimum atomic E-state index is -4.09. The van der Waals surface area contributed by atoms with E-state index in [0.717, 1.165) is 12.2 Å². The van der Waals surface area contributed by atoms with Gasteiger partial charge in [0.1, 0.15) is 18.3 Å². The number of hydrogen-bond donors (Lipinski definition) is 7. The third-order valence-electron chi connectivity index (χ3n) is 8.33. The van der Waals surface area contributed by atoms with E-state index in [1.807, 2.05) is 0 Å². The van der Waals surface area contributed by atoms with E-state index in [-0.39, 0.29) is 54.1 Å². The zero-order chi connectivity index (χ0) is 28.3. The average Bonchev–Trinajstić information content (AvgIpc) is 3.42. The molecule has 0 aromatic heterocycles. The van der Waals surface area contributed by atoms with Gasteiger partial charge in [0, 0.05) is 30.9 Å². The Morgan fingerprint density at radius 1 is 1.10 bits per heavy atom. The molecule has 13 nitrogen and oxygen atoms in total. The molecule has 3 heterocycles. The molecule has 2 unspecified atom stereocenters. The SMILES string of the molecule is CC(=O)NC1[C@H](CC2CCC(S(=O)(=O)O)CC2)OC(CNC(=O)CCC[C@@H]2SC[C@@H]3NC(=O)N[C@@H]32)[C@@H](O)[C@@H]1O. The van der Waals surface area contributed by atoms with E-state index >= 15 is 0 Å². The Morgan fingerprint density at radius 2 is 1.82 bits per heavy atom. The number of aliphatic hydroxyl groups excluding tert-OH is 2. The van der Waals surface area contributed by atoms with Gasteiger partial charge >= 0.3 is 6.03 Å². The summed E-state index contributed by atoms with van der Waals surface area (Å²) in [6.07, 6.45) is -0.365. The van der Waals surface area contributed by atoms with Gasteiger partial charge in [0.15, 0.2) is 0 Å². The Balaban J connectivity index is 1.26. The smallest absolute Gasteiger partial charge is 0.315 e. The molecule has 15 heteroatoms. The second-order valence-electron chi connectivity index (χ2n) is 11.1. The Kier molecular flexibility index (Phi) is 10.0. The molecule has 0 spiro atoms. The van der Waals surface area contributed by atoms with Crippen molar-refractivity contribution in [3.8, 4) is 0 Å². The summed E-state index contributed by atoms with van der Waals surface area (Å²) in [6, 6.07) is -0.799. The van der Waals surface area contributed by atoms with E-state index in [1.165, 1.54) is 6.92 Å². The molecule has 0 bridgehead atoms. The highest BCUT2D eigenvalue weighted by atomic mass is 32.2. The number of carbonyl (C=O) groups is 3. The standard InChI is InChI=1S/C24H40N4O9S2/c1-12(29)26-21-16(9-13-5-7-14(8-6-13)39(34,35)36)37-17(22(31)23(21)32)10-25-19(30)4-2-3-18-20-15(11-38-18)27-24(33)28-20/h13-18,20-23,31-32H,2-11H2,1H3,(H,25,30)(H,26,29)(H2,27,28,33)(H,34,35,36)/t13?,14?,15-,16-,17?,18-,20-,21?,22+,23+/m0/s1. The van der Waals surface area contributed by atoms with E-state index < -0.39 is 45.8 Å². The van der Waals surface area contributed by atoms with Crippen LogP contribution in [-0.2, 0) is 24.4 Å². The molecule has 0 radical (unpaired) electrons. The van der Waals surface area contributed by atoms with Crippen LogP contribution >= 0.6 is 11.8 Å². The van der Waals surface area contributed by atoms with Gasteiger partial charge in [-0.2, -0.15) is 20.2 Å². The van der Waals surface area contributed by atoms with Crippen molar-refractivity contribution in [2.45, 2.75) is 111 Å². The number of carbonyl (C=O) groups excluding carboxylic acids is 3. The number of amides is 4. The summed E-state index contributed by atoms with van der Waals surface area (Å²) in [7, 11) is -4.09. The van der Waals surface area contributed by atoms with Crippen LogP contribution in [0.25, 0.3) is 0 Å². The van der Waals surface area contributed by atoms with Crippen LogP contribution in [0.4, 0.5) is 4.79 Å². The number of hydrogen-bond acceptors (Lipinski definition) is 9. The van der Waals surface area contributed by atoms with Gasteiger partial charge in [-0.05, 0) is 50.9 Å². The van der Waals surface area contributed by atoms with Crippen LogP contribution in [0.1, 0.15) is 58.3 Å². The largest absolute Gasteiger partial charge is 0.388 e. The van der Waals surface area contributed by atoms with Gasteiger partial charge in [-0.1, -0.05) is 0 Å². The normalized spacial score (nSPS) is 38.4. The van der Waals surface area contributed by atoms with Crippen molar-refractivity contribution < 1.29 is 42.3 Å². The first-order chi connectivity index (χ1) is 18.4. The first kappa shape index (κ1) is 30.3. The van der Waals surface area contributed by atoms with Crippen LogP contribution in [0.3, 0.4) is 0 Å². The van der Waals surface area contributed by atoms with Crippen LogP contribution in [0.15, 0.2) is 0 Å². The Bertz CT molecular complexity index is 1010. The highest BCUT2D eigenvalue weighted by Gasteiger charge is 2.46. The molecule has 39 heavy (non-hydrogen) atoms. The van der Waals surface area contributed by atoms with Gasteiger partial charge in [0.25, 0.3) is 10.1 Å². The average molecular weight is 593 g/mol. The van der Waals surface area contributed by atoms with Crippen molar-refractivity contribution in [1.82, 2.24) is 21.3 Å². The van der Waals surface area contributed by atoms with Crippen LogP contribution in [0.5, 0.6) is 0 Å². The van der Waals surface area contributed by atoms with Gasteiger partial charge in [-0.25, -0.2) is 4.79 Å². The van der Waals surface area contributed by atoms with Crippen molar-refractivity contribution in [3.05, 3.63) is 0 Å². The third-order valence-corrected chi connectivity index (χ3v) is 11.2. The van der Waals surface area contributed by atoms with Crippen molar-refractivity contribution in [1.29, 1.82) is 0 Å². The molecule has 3 saturated heterocycles. The summed E-state index contributed by atoms with van der Waals surface area (Å²) in [6.45, 7) is 1.29. The summed E-state index contributed by atoms with van der Waals surface area (Å²) in [5.74, 6) is 0.302. The number of fused-ring (bicyclic) bond motifs is 1. The molecule has 7 N–H and O–H groups in total. The van der Waals surface area contributed by atoms with Gasteiger partial charge in [0.05, 0.1) is 29.5 Å². The summed E-state index contributed by atoms with van der Waals surface area (Å²) < 4.78 is 38.4. The first-order valence-electron chi connectivity index (χ1n) is 13.6. The first-order valence-corrected chi connectivity index (χ1v) is 16.2. The molecule has 4 aliphatic rings. The molecule has 222 valence electrons. The second-order valence-corrected chi connectivity index (χ2v) is 14.1. The minimum absolute atomic E-state index is 0.0152. The molecule has 8 atom stereocenters. The Hall–Kier alpha value is -1.65. The summed E-state index contributed by atoms with van der Waals surface area (Å²) in [5.41, 5.74) is 0. The second kappa shape index (κ2) is 12.9. The zero-order valence-electron chi connectivity index (χ0n) is 22.0. The maximum Gasteiger partial charge on any atom is 0.315 e. The fourth-order valence-corrected chi connectivity index (χ4v) is 8.64. The molecular formula is C24H40N4O9S2. The van der Waals surface area contributed by atoms with Gasteiger partial charge in [0.2, 0.25) is 11.8 Å². The van der Waals surface area contributed by atoms with E-state index in [0.29, 0.717) is 38.5 Å². The van der Waals surface area contributed by atoms with Gasteiger partial charge < -0.3 is 36.2 Å². The fraction of sp³-hybridized carbons (Fsp3) is 0.875. The lowest BCUT2D eigenvalue weighted by Crippen LogP contribution is -2.65. The minimum Gasteiger partial charge on any atom is -0.388 e. The lowest BCUT2D eigenvalue weighted by Gasteiger charge is -2.44. The topological polar surface area (TPSA) is 203 Å². The van der Waals surface area contributed by atoms with Crippen LogP contribution in [0.2, 0.25) is 0 Å². The Labute approximate surface area is 232 Å². The molecule has 4 rings (SSSR count). The number of aliphatic hydroxyl groups is 2. The quantitative estimate of drug-likeness (QED) is 0.125. The van der Waals surface area contributed by atoms with Crippen molar-refractivity contribution in [3.63, 3.8) is 0 Å². The summed E-state index contributed by atoms with van der Waals surface area (Å²) >= 11 is 1.78. The van der Waals surface area contributed by atoms with Crippen LogP contribution < -0.4 is 21.3 Å². The maximum atomic E-state index is 12.5. The molecule has 0 aromatic rings. The molecule has 4 amide bonds. The van der Waals surface area contributed by atoms with Crippen molar-refractivity contribution >= 4 is 39.7 Å². The number of thioether (sulfide) groups is 1. The van der Waals surface area contributed by atoms with E-state index in [1.54, 1.807) is 11.8 Å². The predicted octanol–water partition coefficient (Wildman–Crippen LogP) is -0.731. The molecule has 4 fully saturated rings. The third kappa shape index (κ3) is 7.76. The van der Waals surface area contributed by atoms with Crippen LogP contribution in [0, 0.1) is 5.92 Å². The summed E-state index contributed by atoms with van der Waals surface area (Å²) in [4.78, 5) is 35.8. The predicted molar refractivity (Wildman–Crippen MR) is 143 cm³/mol. The molecule has 1 aliphatic carbocycles. The van der Waals surface area contributed by atoms with Crippen molar-refractivity contribution in [2.24, 2.45) is 5.92 Å². The fourth-order valence-electron chi connectivity index (χ4n) is 6.23. The lowest BCUT2D eigenvalue weighted by molar-refractivity contribution is -0.188. The van der Waals surface area contributed by atoms with Crippen LogP contribution in [-0.4, -0.2) is 106 Å². The summed E-state index contributed by atoms with van der Waals surface area (Å²) in [5, 5.41) is 32.2. The molecule has 0 aromatic carbocycles. The molecular weight excluding hydrogens is 552 g/mol. The number of nitrogens with one attached hydrogen (secondary N) is 4. The zero-order valence-corrected chi connectivity index (χ0v) is 23.6. The highest BCUT2D eigenvalue weighted by molar-refractivity contribution is 8.00. The van der Waals surface area contributed by atoms with Crippen molar-refractivity contribution in [2.75, 3.05) is 12.3 Å². The number of rotatable bonds is 10. The monoisotopic (exact) mass is 592 g/mol. The Morgan fingerprint density at radius 3 is 2.49 bits per heavy atom. The van der Waals surface area contributed by atoms with E-state index in [4.69, 9.17) is 4.74 Å². The number of urea groups is 1. The lowest BCUT2D eigenvalue weighted by atomic mass is 9.81. The van der Waals surface area contributed by atoms with Gasteiger partial charge in [-0.15, -0.1) is 0 Å². The maximum absolute atomic E-state index is 12.5. The molecule has 3 aliphatic heterocycles. The number of ether oxygens (including phenoxy) is 1. The van der Waals surface area contributed by atoms with E-state index in [9.17, 15) is 37.6 Å². The van der Waals surface area contributed by atoms with Gasteiger partial charge in [-0.3, -0.25) is 14.1 Å². The van der Waals surface area contributed by atoms with E-state index in [2.05, 4.69) is 21.3 Å².